The molecule has 268 valence electrons. The fourth-order valence-electron chi connectivity index (χ4n) is 5.79. The lowest BCUT2D eigenvalue weighted by molar-refractivity contribution is -0.266. The van der Waals surface area contributed by atoms with Gasteiger partial charge in [-0.05, 0) is 0 Å². The zero-order valence-corrected chi connectivity index (χ0v) is 24.1. The van der Waals surface area contributed by atoms with Crippen LogP contribution in [0.2, 0.25) is 0 Å². The maximum atomic E-state index is 11.2. The van der Waals surface area contributed by atoms with Crippen molar-refractivity contribution in [2.45, 2.75) is 123 Å². The molecule has 0 aromatic heterocycles. The van der Waals surface area contributed by atoms with Crippen LogP contribution >= 0.6 is 0 Å². The van der Waals surface area contributed by atoms with Gasteiger partial charge in [0.2, 0.25) is 0 Å². The van der Waals surface area contributed by atoms with Crippen LogP contribution in [0.1, 0.15) is 0 Å². The second kappa shape index (κ2) is 15.4. The molecule has 0 aromatic rings. The van der Waals surface area contributed by atoms with Crippen molar-refractivity contribution in [3.63, 3.8) is 0 Å². The summed E-state index contributed by atoms with van der Waals surface area (Å²) in [4.78, 5) is 0. The van der Waals surface area contributed by atoms with Crippen molar-refractivity contribution in [3.8, 4) is 0 Å². The average Bonchev–Trinajstić information content (AvgIpc) is 3.76. The molecule has 46 heavy (non-hydrogen) atoms. The molecule has 0 unspecified atom stereocenters. The predicted molar refractivity (Wildman–Crippen MR) is 136 cm³/mol. The topological polar surface area (TPSA) is 326 Å². The second-order valence-electron chi connectivity index (χ2n) is 11.6. The molecule has 0 saturated carbocycles. The first-order valence-electron chi connectivity index (χ1n) is 14.7. The zero-order valence-electron chi connectivity index (χ0n) is 24.1. The molecule has 0 spiro atoms. The van der Waals surface area contributed by atoms with E-state index in [-0.39, 0.29) is 0 Å². The van der Waals surface area contributed by atoms with Crippen LogP contribution in [0, 0.1) is 0 Å². The standard InChI is InChI=1S/C25H42O21/c26-1-6-11(29)16(34)22(41-6)39-5-10-19(18(36)23(44-10)38-4-9-13(31)15(33)21(37)40-9)45-25-20(14(32)8(3-28)43-25)46-24-17(35)12(30)7(2-27)42-24/h6-37H,1-5H2/t6-,7-,8-,9-,10-,11-,12-,13-,14-,15+,16+,17+,18+,19-,20+,21+,22+,23+,24+,25-/m1/s1. The van der Waals surface area contributed by atoms with Crippen LogP contribution in [-0.4, -0.2) is 217 Å². The average molecular weight is 679 g/mol. The van der Waals surface area contributed by atoms with Gasteiger partial charge < -0.3 is 104 Å². The molecule has 12 N–H and O–H groups in total. The molecule has 0 amide bonds. The van der Waals surface area contributed by atoms with Gasteiger partial charge in [0.25, 0.3) is 0 Å². The molecule has 0 radical (unpaired) electrons. The molecule has 0 aliphatic carbocycles. The lowest BCUT2D eigenvalue weighted by atomic mass is 10.1. The van der Waals surface area contributed by atoms with Crippen molar-refractivity contribution < 1.29 is 104 Å². The predicted octanol–water partition coefficient (Wildman–Crippen LogP) is -8.73. The van der Waals surface area contributed by atoms with Gasteiger partial charge in [0, 0.05) is 0 Å². The molecule has 5 rings (SSSR count). The molecular weight excluding hydrogens is 636 g/mol. The monoisotopic (exact) mass is 678 g/mol. The summed E-state index contributed by atoms with van der Waals surface area (Å²) < 4.78 is 49.7. The fourth-order valence-corrected chi connectivity index (χ4v) is 5.79. The molecule has 5 aliphatic rings. The number of aliphatic hydroxyl groups excluding tert-OH is 12. The first-order chi connectivity index (χ1) is 21.9. The van der Waals surface area contributed by atoms with Crippen LogP contribution in [0.5, 0.6) is 0 Å². The van der Waals surface area contributed by atoms with Crippen LogP contribution in [-0.2, 0) is 42.6 Å². The van der Waals surface area contributed by atoms with E-state index in [2.05, 4.69) is 0 Å². The molecule has 5 heterocycles. The number of aliphatic hydroxyl groups is 12. The molecule has 0 aromatic carbocycles. The van der Waals surface area contributed by atoms with E-state index in [9.17, 15) is 61.3 Å². The molecular formula is C25H42O21. The van der Waals surface area contributed by atoms with Gasteiger partial charge in [-0.25, -0.2) is 0 Å². The van der Waals surface area contributed by atoms with Crippen LogP contribution in [0.3, 0.4) is 0 Å². The van der Waals surface area contributed by atoms with Crippen LogP contribution in [0.4, 0.5) is 0 Å². The highest BCUT2D eigenvalue weighted by molar-refractivity contribution is 4.96. The second-order valence-corrected chi connectivity index (χ2v) is 11.6. The number of ether oxygens (including phenoxy) is 9. The Morgan fingerprint density at radius 3 is 1.35 bits per heavy atom. The van der Waals surface area contributed by atoms with Crippen molar-refractivity contribution in [1.29, 1.82) is 0 Å². The largest absolute Gasteiger partial charge is 0.394 e. The van der Waals surface area contributed by atoms with E-state index in [0.717, 1.165) is 0 Å². The molecule has 21 nitrogen and oxygen atoms in total. The maximum absolute atomic E-state index is 11.2. The van der Waals surface area contributed by atoms with Gasteiger partial charge in [0.1, 0.15) is 91.6 Å². The van der Waals surface area contributed by atoms with E-state index in [1.807, 2.05) is 0 Å². The highest BCUT2D eigenvalue weighted by Crippen LogP contribution is 2.35. The summed E-state index contributed by atoms with van der Waals surface area (Å²) in [6.45, 7) is -3.00. The van der Waals surface area contributed by atoms with Gasteiger partial charge in [0.05, 0.1) is 33.0 Å². The summed E-state index contributed by atoms with van der Waals surface area (Å²) in [6.07, 6.45) is -29.6. The minimum Gasteiger partial charge on any atom is -0.394 e. The molecule has 20 atom stereocenters. The Morgan fingerprint density at radius 1 is 0.370 bits per heavy atom. The lowest BCUT2D eigenvalue weighted by Gasteiger charge is -2.29. The Hall–Kier alpha value is -0.840. The van der Waals surface area contributed by atoms with Crippen molar-refractivity contribution >= 4 is 0 Å². The summed E-state index contributed by atoms with van der Waals surface area (Å²) >= 11 is 0. The molecule has 0 bridgehead atoms. The maximum Gasteiger partial charge on any atom is 0.187 e. The van der Waals surface area contributed by atoms with E-state index >= 15 is 0 Å². The minimum absolute atomic E-state index is 0.492. The minimum atomic E-state index is -1.69. The first-order valence-corrected chi connectivity index (χ1v) is 14.7. The Balaban J connectivity index is 1.30. The summed E-state index contributed by atoms with van der Waals surface area (Å²) in [5.74, 6) is 0. The lowest BCUT2D eigenvalue weighted by Crippen LogP contribution is -2.47. The van der Waals surface area contributed by atoms with E-state index in [1.165, 1.54) is 0 Å². The molecule has 5 fully saturated rings. The summed E-state index contributed by atoms with van der Waals surface area (Å²) in [5, 5.41) is 121. The van der Waals surface area contributed by atoms with Crippen molar-refractivity contribution in [2.75, 3.05) is 33.0 Å². The van der Waals surface area contributed by atoms with Crippen LogP contribution < -0.4 is 0 Å². The third-order valence-electron chi connectivity index (χ3n) is 8.53. The highest BCUT2D eigenvalue weighted by atomic mass is 16.8. The van der Waals surface area contributed by atoms with E-state index in [1.54, 1.807) is 0 Å². The fraction of sp³-hybridized carbons (Fsp3) is 1.00. The quantitative estimate of drug-likeness (QED) is 0.0860. The Kier molecular flexibility index (Phi) is 12.2. The normalized spacial score (nSPS) is 52.7. The van der Waals surface area contributed by atoms with Crippen LogP contribution in [0.15, 0.2) is 0 Å². The van der Waals surface area contributed by atoms with Gasteiger partial charge in [-0.2, -0.15) is 0 Å². The van der Waals surface area contributed by atoms with Gasteiger partial charge in [-0.15, -0.1) is 0 Å². The van der Waals surface area contributed by atoms with Crippen molar-refractivity contribution in [2.24, 2.45) is 0 Å². The number of rotatable bonds is 13. The van der Waals surface area contributed by atoms with E-state index < -0.39 is 156 Å². The zero-order chi connectivity index (χ0) is 33.4. The highest BCUT2D eigenvalue weighted by Gasteiger charge is 2.55. The Labute approximate surface area is 260 Å². The van der Waals surface area contributed by atoms with Gasteiger partial charge in [-0.1, -0.05) is 0 Å². The smallest absolute Gasteiger partial charge is 0.187 e. The summed E-state index contributed by atoms with van der Waals surface area (Å²) in [6, 6.07) is 0. The third kappa shape index (κ3) is 7.21. The van der Waals surface area contributed by atoms with Gasteiger partial charge in [-0.3, -0.25) is 0 Å². The van der Waals surface area contributed by atoms with Gasteiger partial charge in [0.15, 0.2) is 31.5 Å². The number of hydrogen-bond acceptors (Lipinski definition) is 21. The SMILES string of the molecule is OC[C@H]1O[C@@H](O[C@@H]2[C@@H](O[C@H]3[C@H](O)[C@@H](OC[C@H]4O[C@H](O)[C@@H](O)[C@@H]4O)O[C@@H]3CO[C@H]3O[C@H](CO)[C@@H](O)[C@@H]3O)O[C@H](CO)[C@H]2O)[C@@H](O)[C@@H]1O. The van der Waals surface area contributed by atoms with Crippen molar-refractivity contribution in [3.05, 3.63) is 0 Å². The Bertz CT molecular complexity index is 965. The molecule has 5 saturated heterocycles. The molecule has 5 aliphatic heterocycles. The summed E-state index contributed by atoms with van der Waals surface area (Å²) in [7, 11) is 0. The first kappa shape index (κ1) is 36.4. The Morgan fingerprint density at radius 2 is 0.804 bits per heavy atom. The molecule has 21 heteroatoms. The number of hydrogen-bond donors (Lipinski definition) is 12. The van der Waals surface area contributed by atoms with E-state index in [0.29, 0.717) is 0 Å². The third-order valence-corrected chi connectivity index (χ3v) is 8.53. The van der Waals surface area contributed by atoms with Gasteiger partial charge >= 0.3 is 0 Å². The van der Waals surface area contributed by atoms with Crippen molar-refractivity contribution in [1.82, 2.24) is 0 Å². The van der Waals surface area contributed by atoms with E-state index in [4.69, 9.17) is 42.6 Å². The summed E-state index contributed by atoms with van der Waals surface area (Å²) in [5.41, 5.74) is 0. The van der Waals surface area contributed by atoms with Crippen LogP contribution in [0.25, 0.3) is 0 Å².